The summed E-state index contributed by atoms with van der Waals surface area (Å²) in [4.78, 5) is 19.0. The van der Waals surface area contributed by atoms with Gasteiger partial charge in [-0.15, -0.1) is 21.5 Å². The SMILES string of the molecule is Cc1nc2ccc(NC(=O)N3CCC[C@H](c4nnc(CO)n4C)C3)cc2s1. The number of nitrogens with one attached hydrogen (secondary N) is 1. The molecule has 4 rings (SSSR count). The van der Waals surface area contributed by atoms with E-state index in [0.29, 0.717) is 12.4 Å². The van der Waals surface area contributed by atoms with Gasteiger partial charge in [-0.3, -0.25) is 0 Å². The summed E-state index contributed by atoms with van der Waals surface area (Å²) in [5.74, 6) is 1.48. The topological polar surface area (TPSA) is 96.2 Å². The Morgan fingerprint density at radius 2 is 2.26 bits per heavy atom. The normalized spacial score (nSPS) is 17.4. The number of aliphatic hydroxyl groups excluding tert-OH is 1. The maximum Gasteiger partial charge on any atom is 0.321 e. The van der Waals surface area contributed by atoms with Gasteiger partial charge < -0.3 is 19.9 Å². The lowest BCUT2D eigenvalue weighted by molar-refractivity contribution is 0.190. The summed E-state index contributed by atoms with van der Waals surface area (Å²) in [5.41, 5.74) is 1.73. The van der Waals surface area contributed by atoms with E-state index >= 15 is 0 Å². The molecule has 1 aromatic carbocycles. The van der Waals surface area contributed by atoms with Gasteiger partial charge >= 0.3 is 6.03 Å². The summed E-state index contributed by atoms with van der Waals surface area (Å²) in [6.07, 6.45) is 1.86. The van der Waals surface area contributed by atoms with Crippen molar-refractivity contribution in [3.8, 4) is 0 Å². The molecule has 3 aromatic rings. The molecule has 1 aliphatic rings. The van der Waals surface area contributed by atoms with Crippen LogP contribution in [0.1, 0.15) is 35.4 Å². The molecular weight excluding hydrogens is 364 g/mol. The number of nitrogens with zero attached hydrogens (tertiary/aromatic N) is 5. The lowest BCUT2D eigenvalue weighted by atomic mass is 9.97. The third-order valence-corrected chi connectivity index (χ3v) is 5.89. The highest BCUT2D eigenvalue weighted by Gasteiger charge is 2.28. The predicted octanol–water partition coefficient (Wildman–Crippen LogP) is 2.64. The van der Waals surface area contributed by atoms with Crippen LogP contribution in [-0.4, -0.2) is 48.9 Å². The molecule has 1 aliphatic heterocycles. The molecule has 142 valence electrons. The average Bonchev–Trinajstić information content (AvgIpc) is 3.22. The average molecular weight is 386 g/mol. The minimum absolute atomic E-state index is 0.107. The van der Waals surface area contributed by atoms with Crippen LogP contribution in [0.5, 0.6) is 0 Å². The van der Waals surface area contributed by atoms with E-state index in [1.165, 1.54) is 0 Å². The molecule has 1 saturated heterocycles. The van der Waals surface area contributed by atoms with Gasteiger partial charge in [0.25, 0.3) is 0 Å². The zero-order chi connectivity index (χ0) is 19.0. The van der Waals surface area contributed by atoms with Crippen LogP contribution in [0, 0.1) is 6.92 Å². The number of benzene rings is 1. The zero-order valence-electron chi connectivity index (χ0n) is 15.3. The van der Waals surface area contributed by atoms with E-state index in [1.807, 2.05) is 41.6 Å². The van der Waals surface area contributed by atoms with Crippen molar-refractivity contribution in [1.82, 2.24) is 24.6 Å². The number of carbonyl (C=O) groups is 1. The van der Waals surface area contributed by atoms with Gasteiger partial charge in [0.05, 0.1) is 15.2 Å². The molecule has 0 spiro atoms. The summed E-state index contributed by atoms with van der Waals surface area (Å²) in [7, 11) is 1.85. The molecule has 9 heteroatoms. The molecule has 0 aliphatic carbocycles. The van der Waals surface area contributed by atoms with Crippen LogP contribution in [0.3, 0.4) is 0 Å². The fourth-order valence-corrected chi connectivity index (χ4v) is 4.43. The summed E-state index contributed by atoms with van der Waals surface area (Å²) in [6, 6.07) is 5.68. The second-order valence-corrected chi connectivity index (χ2v) is 8.06. The first-order valence-corrected chi connectivity index (χ1v) is 9.79. The largest absolute Gasteiger partial charge is 0.388 e. The number of fused-ring (bicyclic) bond motifs is 1. The second kappa shape index (κ2) is 7.24. The van der Waals surface area contributed by atoms with Crippen molar-refractivity contribution < 1.29 is 9.90 Å². The van der Waals surface area contributed by atoms with Crippen molar-refractivity contribution in [2.24, 2.45) is 7.05 Å². The smallest absolute Gasteiger partial charge is 0.321 e. The zero-order valence-corrected chi connectivity index (χ0v) is 16.2. The number of anilines is 1. The van der Waals surface area contributed by atoms with Crippen LogP contribution >= 0.6 is 11.3 Å². The van der Waals surface area contributed by atoms with E-state index in [1.54, 1.807) is 11.3 Å². The van der Waals surface area contributed by atoms with E-state index in [2.05, 4.69) is 20.5 Å². The van der Waals surface area contributed by atoms with E-state index in [-0.39, 0.29) is 18.6 Å². The summed E-state index contributed by atoms with van der Waals surface area (Å²) in [5, 5.41) is 21.6. The Morgan fingerprint density at radius 3 is 3.04 bits per heavy atom. The minimum atomic E-state index is -0.139. The highest BCUT2D eigenvalue weighted by Crippen LogP contribution is 2.28. The number of hydrogen-bond acceptors (Lipinski definition) is 6. The molecular formula is C18H22N6O2S. The Labute approximate surface area is 160 Å². The third-order valence-electron chi connectivity index (χ3n) is 4.96. The highest BCUT2D eigenvalue weighted by molar-refractivity contribution is 7.18. The van der Waals surface area contributed by atoms with Crippen LogP contribution in [0.25, 0.3) is 10.2 Å². The molecule has 2 aromatic heterocycles. The van der Waals surface area contributed by atoms with Crippen molar-refractivity contribution in [3.63, 3.8) is 0 Å². The van der Waals surface area contributed by atoms with Gasteiger partial charge in [-0.1, -0.05) is 0 Å². The van der Waals surface area contributed by atoms with E-state index < -0.39 is 0 Å². The molecule has 27 heavy (non-hydrogen) atoms. The number of hydrogen-bond donors (Lipinski definition) is 2. The summed E-state index contributed by atoms with van der Waals surface area (Å²) < 4.78 is 2.89. The number of aromatic nitrogens is 4. The standard InChI is InChI=1S/C18H22N6O2S/c1-11-19-14-6-5-13(8-15(14)27-11)20-18(26)24-7-3-4-12(9-24)17-22-21-16(10-25)23(17)2/h5-6,8,12,25H,3-4,7,9-10H2,1-2H3,(H,20,26)/t12-/m0/s1. The van der Waals surface area contributed by atoms with Gasteiger partial charge in [0.2, 0.25) is 0 Å². The minimum Gasteiger partial charge on any atom is -0.388 e. The number of piperidine rings is 1. The first-order valence-electron chi connectivity index (χ1n) is 8.97. The molecule has 1 fully saturated rings. The fourth-order valence-electron chi connectivity index (χ4n) is 3.56. The maximum absolute atomic E-state index is 12.8. The second-order valence-electron chi connectivity index (χ2n) is 6.82. The lowest BCUT2D eigenvalue weighted by Gasteiger charge is -2.32. The van der Waals surface area contributed by atoms with Crippen LogP contribution in [-0.2, 0) is 13.7 Å². The number of amides is 2. The number of rotatable bonds is 3. The predicted molar refractivity (Wildman–Crippen MR) is 104 cm³/mol. The quantitative estimate of drug-likeness (QED) is 0.721. The van der Waals surface area contributed by atoms with E-state index in [9.17, 15) is 9.90 Å². The molecule has 0 bridgehead atoms. The molecule has 2 N–H and O–H groups in total. The van der Waals surface area contributed by atoms with Crippen LogP contribution in [0.15, 0.2) is 18.2 Å². The molecule has 1 atom stereocenters. The van der Waals surface area contributed by atoms with Gasteiger partial charge in [0.1, 0.15) is 12.4 Å². The number of likely N-dealkylation sites (tertiary alicyclic amines) is 1. The van der Waals surface area contributed by atoms with Gasteiger partial charge in [-0.05, 0) is 38.0 Å². The number of aliphatic hydroxyl groups is 1. The van der Waals surface area contributed by atoms with Crippen LogP contribution in [0.2, 0.25) is 0 Å². The third kappa shape index (κ3) is 3.52. The fraction of sp³-hybridized carbons (Fsp3) is 0.444. The molecule has 0 saturated carbocycles. The van der Waals surface area contributed by atoms with E-state index in [4.69, 9.17) is 0 Å². The number of aryl methyl sites for hydroxylation is 1. The van der Waals surface area contributed by atoms with E-state index in [0.717, 1.165) is 46.1 Å². The first-order chi connectivity index (χ1) is 13.0. The van der Waals surface area contributed by atoms with Gasteiger partial charge in [-0.2, -0.15) is 0 Å². The van der Waals surface area contributed by atoms with Crippen molar-refractivity contribution in [1.29, 1.82) is 0 Å². The Morgan fingerprint density at radius 1 is 1.41 bits per heavy atom. The Bertz CT molecular complexity index is 982. The molecule has 2 amide bonds. The van der Waals surface area contributed by atoms with Gasteiger partial charge in [-0.25, -0.2) is 9.78 Å². The summed E-state index contributed by atoms with van der Waals surface area (Å²) in [6.45, 7) is 3.14. The van der Waals surface area contributed by atoms with Gasteiger partial charge in [0.15, 0.2) is 5.82 Å². The van der Waals surface area contributed by atoms with Crippen LogP contribution < -0.4 is 5.32 Å². The van der Waals surface area contributed by atoms with Crippen molar-refractivity contribution >= 4 is 33.3 Å². The first kappa shape index (κ1) is 17.9. The number of thiazole rings is 1. The molecule has 0 radical (unpaired) electrons. The molecule has 8 nitrogen and oxygen atoms in total. The Kier molecular flexibility index (Phi) is 4.79. The Balaban J connectivity index is 1.46. The van der Waals surface area contributed by atoms with Crippen molar-refractivity contribution in [2.45, 2.75) is 32.3 Å². The monoisotopic (exact) mass is 386 g/mol. The van der Waals surface area contributed by atoms with Gasteiger partial charge in [0, 0.05) is 31.7 Å². The lowest BCUT2D eigenvalue weighted by Crippen LogP contribution is -2.42. The van der Waals surface area contributed by atoms with Crippen LogP contribution in [0.4, 0.5) is 10.5 Å². The summed E-state index contributed by atoms with van der Waals surface area (Å²) >= 11 is 1.62. The number of carbonyl (C=O) groups excluding carboxylic acids is 1. The van der Waals surface area contributed by atoms with Crippen molar-refractivity contribution in [2.75, 3.05) is 18.4 Å². The molecule has 3 heterocycles. The Hall–Kier alpha value is -2.52. The number of urea groups is 1. The highest BCUT2D eigenvalue weighted by atomic mass is 32.1. The molecule has 0 unspecified atom stereocenters. The van der Waals surface area contributed by atoms with Crippen molar-refractivity contribution in [3.05, 3.63) is 34.9 Å². The maximum atomic E-state index is 12.8.